The van der Waals surface area contributed by atoms with E-state index in [1.165, 1.54) is 11.3 Å². The number of benzene rings is 2. The summed E-state index contributed by atoms with van der Waals surface area (Å²) >= 11 is 7.46. The second kappa shape index (κ2) is 10.3. The molecule has 1 amide bonds. The number of imidazole rings is 1. The van der Waals surface area contributed by atoms with Crippen molar-refractivity contribution in [2.45, 2.75) is 19.8 Å². The number of halogens is 1. The summed E-state index contributed by atoms with van der Waals surface area (Å²) in [5.74, 6) is 1.51. The monoisotopic (exact) mass is 467 g/mol. The van der Waals surface area contributed by atoms with Crippen molar-refractivity contribution in [3.05, 3.63) is 82.3 Å². The van der Waals surface area contributed by atoms with Crippen molar-refractivity contribution in [2.24, 2.45) is 0 Å². The maximum absolute atomic E-state index is 12.6. The van der Waals surface area contributed by atoms with Gasteiger partial charge in [0.1, 0.15) is 16.5 Å². The van der Waals surface area contributed by atoms with Crippen molar-refractivity contribution in [3.63, 3.8) is 0 Å². The summed E-state index contributed by atoms with van der Waals surface area (Å²) in [6.45, 7) is 2.51. The van der Waals surface area contributed by atoms with Gasteiger partial charge in [0.05, 0.1) is 23.5 Å². The molecule has 4 aromatic rings. The van der Waals surface area contributed by atoms with Crippen molar-refractivity contribution in [3.8, 4) is 5.75 Å². The zero-order valence-electron chi connectivity index (χ0n) is 17.4. The van der Waals surface area contributed by atoms with E-state index in [0.29, 0.717) is 27.3 Å². The topological polar surface area (TPSA) is 91.9 Å². The first-order chi connectivity index (χ1) is 15.6. The van der Waals surface area contributed by atoms with Crippen LogP contribution in [0.4, 0.5) is 16.5 Å². The van der Waals surface area contributed by atoms with Crippen molar-refractivity contribution in [2.75, 3.05) is 17.2 Å². The summed E-state index contributed by atoms with van der Waals surface area (Å²) in [4.78, 5) is 24.6. The van der Waals surface area contributed by atoms with Crippen LogP contribution in [0, 0.1) is 6.92 Å². The number of rotatable bonds is 9. The summed E-state index contributed by atoms with van der Waals surface area (Å²) < 4.78 is 5.77. The quantitative estimate of drug-likeness (QED) is 0.269. The van der Waals surface area contributed by atoms with Crippen molar-refractivity contribution in [1.29, 1.82) is 0 Å². The molecule has 0 aliphatic rings. The zero-order chi connectivity index (χ0) is 22.3. The lowest BCUT2D eigenvalue weighted by atomic mass is 10.2. The van der Waals surface area contributed by atoms with Crippen LogP contribution in [-0.2, 0) is 6.42 Å². The van der Waals surface area contributed by atoms with Crippen LogP contribution in [-0.4, -0.2) is 27.5 Å². The highest BCUT2D eigenvalue weighted by Gasteiger charge is 2.14. The van der Waals surface area contributed by atoms with Gasteiger partial charge in [0, 0.05) is 24.5 Å². The summed E-state index contributed by atoms with van der Waals surface area (Å²) in [5.41, 5.74) is 2.37. The van der Waals surface area contributed by atoms with Gasteiger partial charge in [-0.05, 0) is 49.2 Å². The number of anilines is 3. The summed E-state index contributed by atoms with van der Waals surface area (Å²) in [6.07, 6.45) is 6.85. The first-order valence-electron chi connectivity index (χ1n) is 10.1. The van der Waals surface area contributed by atoms with Crippen molar-refractivity contribution in [1.82, 2.24) is 15.0 Å². The lowest BCUT2D eigenvalue weighted by molar-refractivity contribution is 0.103. The molecule has 0 aliphatic heterocycles. The molecule has 0 radical (unpaired) electrons. The number of H-pyrrole nitrogens is 1. The summed E-state index contributed by atoms with van der Waals surface area (Å²) in [7, 11) is 0. The molecule has 0 aliphatic carbocycles. The molecule has 164 valence electrons. The minimum atomic E-state index is -0.245. The Hall–Kier alpha value is -3.36. The zero-order valence-corrected chi connectivity index (χ0v) is 19.0. The molecule has 0 saturated heterocycles. The molecule has 2 heterocycles. The molecule has 4 rings (SSSR count). The Morgan fingerprint density at radius 1 is 1.19 bits per heavy atom. The molecule has 0 saturated carbocycles. The minimum Gasteiger partial charge on any atom is -0.494 e. The second-order valence-corrected chi connectivity index (χ2v) is 8.49. The van der Waals surface area contributed by atoms with Crippen molar-refractivity contribution < 1.29 is 9.53 Å². The molecule has 0 atom stereocenters. The minimum absolute atomic E-state index is 0.245. The van der Waals surface area contributed by atoms with E-state index >= 15 is 0 Å². The molecule has 32 heavy (non-hydrogen) atoms. The van der Waals surface area contributed by atoms with Gasteiger partial charge in [0.15, 0.2) is 5.13 Å². The third-order valence-corrected chi connectivity index (χ3v) is 5.90. The van der Waals surface area contributed by atoms with Crippen LogP contribution in [0.1, 0.15) is 27.5 Å². The van der Waals surface area contributed by atoms with Gasteiger partial charge in [-0.25, -0.2) is 9.97 Å². The lowest BCUT2D eigenvalue weighted by Gasteiger charge is -2.09. The van der Waals surface area contributed by atoms with E-state index in [1.807, 2.05) is 49.5 Å². The van der Waals surface area contributed by atoms with Gasteiger partial charge in [-0.1, -0.05) is 35.1 Å². The largest absolute Gasteiger partial charge is 0.494 e. The Morgan fingerprint density at radius 2 is 2.03 bits per heavy atom. The number of aromatic amines is 1. The fraction of sp³-hybridized carbons (Fsp3) is 0.174. The van der Waals surface area contributed by atoms with Gasteiger partial charge in [-0.15, -0.1) is 0 Å². The molecule has 7 nitrogen and oxygen atoms in total. The number of ether oxygens (including phenoxy) is 1. The predicted molar refractivity (Wildman–Crippen MR) is 128 cm³/mol. The maximum atomic E-state index is 12.6. The SMILES string of the molecule is Cc1cccc(Cl)c1NC(=O)c1cnc(Nc2ccc(OCCCc3ncc[nH]3)cc2)s1. The highest BCUT2D eigenvalue weighted by atomic mass is 35.5. The number of hydrogen-bond donors (Lipinski definition) is 3. The number of hydrogen-bond acceptors (Lipinski definition) is 6. The first kappa shape index (κ1) is 21.9. The van der Waals surface area contributed by atoms with Gasteiger partial charge in [0.25, 0.3) is 5.91 Å². The molecule has 0 unspecified atom stereocenters. The standard InChI is InChI=1S/C23H22ClN5O2S/c1-15-4-2-5-18(24)21(15)29-22(30)19-14-27-23(32-19)28-16-7-9-17(10-8-16)31-13-3-6-20-25-11-12-26-20/h2,4-5,7-12,14H,3,6,13H2,1H3,(H,25,26)(H,27,28)(H,29,30). The van der Waals surface area contributed by atoms with Gasteiger partial charge in [-0.2, -0.15) is 0 Å². The Kier molecular flexibility index (Phi) is 7.03. The molecule has 9 heteroatoms. The third kappa shape index (κ3) is 5.66. The van der Waals surface area contributed by atoms with Crippen LogP contribution >= 0.6 is 22.9 Å². The Bertz CT molecular complexity index is 1160. The molecule has 0 spiro atoms. The fourth-order valence-corrected chi connectivity index (χ4v) is 4.03. The van der Waals surface area contributed by atoms with Crippen LogP contribution in [0.2, 0.25) is 5.02 Å². The summed E-state index contributed by atoms with van der Waals surface area (Å²) in [5, 5.41) is 7.20. The number of amides is 1. The first-order valence-corrected chi connectivity index (χ1v) is 11.3. The highest BCUT2D eigenvalue weighted by Crippen LogP contribution is 2.28. The van der Waals surface area contributed by atoms with E-state index in [2.05, 4.69) is 25.6 Å². The molecule has 0 fully saturated rings. The molecular formula is C23H22ClN5O2S. The average Bonchev–Trinajstić information content (AvgIpc) is 3.47. The summed E-state index contributed by atoms with van der Waals surface area (Å²) in [6, 6.07) is 13.1. The Balaban J connectivity index is 1.28. The van der Waals surface area contributed by atoms with Gasteiger partial charge >= 0.3 is 0 Å². The number of nitrogens with one attached hydrogen (secondary N) is 3. The normalized spacial score (nSPS) is 10.7. The van der Waals surface area contributed by atoms with Crippen LogP contribution in [0.15, 0.2) is 61.1 Å². The molecule has 2 aromatic heterocycles. The maximum Gasteiger partial charge on any atom is 0.267 e. The van der Waals surface area contributed by atoms with E-state index in [1.54, 1.807) is 18.5 Å². The Labute approximate surface area is 194 Å². The number of thiazole rings is 1. The molecule has 0 bridgehead atoms. The van der Waals surface area contributed by atoms with E-state index in [4.69, 9.17) is 16.3 Å². The van der Waals surface area contributed by atoms with Crippen molar-refractivity contribution >= 4 is 45.4 Å². The van der Waals surface area contributed by atoms with E-state index < -0.39 is 0 Å². The second-order valence-electron chi connectivity index (χ2n) is 7.05. The molecule has 2 aromatic carbocycles. The highest BCUT2D eigenvalue weighted by molar-refractivity contribution is 7.17. The van der Waals surface area contributed by atoms with Crippen LogP contribution in [0.3, 0.4) is 0 Å². The van der Waals surface area contributed by atoms with E-state index in [-0.39, 0.29) is 5.91 Å². The number of carbonyl (C=O) groups is 1. The van der Waals surface area contributed by atoms with Crippen LogP contribution < -0.4 is 15.4 Å². The molecular weight excluding hydrogens is 446 g/mol. The third-order valence-electron chi connectivity index (χ3n) is 4.68. The number of para-hydroxylation sites is 1. The van der Waals surface area contributed by atoms with Crippen LogP contribution in [0.25, 0.3) is 0 Å². The number of aromatic nitrogens is 3. The van der Waals surface area contributed by atoms with E-state index in [9.17, 15) is 4.79 Å². The lowest BCUT2D eigenvalue weighted by Crippen LogP contribution is -2.11. The Morgan fingerprint density at radius 3 is 2.78 bits per heavy atom. The smallest absolute Gasteiger partial charge is 0.267 e. The van der Waals surface area contributed by atoms with Gasteiger partial charge in [0.2, 0.25) is 0 Å². The fourth-order valence-electron chi connectivity index (χ4n) is 3.02. The molecule has 3 N–H and O–H groups in total. The average molecular weight is 468 g/mol. The predicted octanol–water partition coefficient (Wildman–Crippen LogP) is 5.84. The number of nitrogens with zero attached hydrogens (tertiary/aromatic N) is 2. The van der Waals surface area contributed by atoms with Crippen LogP contribution in [0.5, 0.6) is 5.75 Å². The van der Waals surface area contributed by atoms with Gasteiger partial charge < -0.3 is 20.4 Å². The van der Waals surface area contributed by atoms with Gasteiger partial charge in [-0.3, -0.25) is 4.79 Å². The number of aryl methyl sites for hydroxylation is 2. The van der Waals surface area contributed by atoms with E-state index in [0.717, 1.165) is 35.7 Å². The number of carbonyl (C=O) groups excluding carboxylic acids is 1.